The highest BCUT2D eigenvalue weighted by atomic mass is 35.5. The van der Waals surface area contributed by atoms with Gasteiger partial charge in [-0.15, -0.1) is 0 Å². The molecule has 3 unspecified atom stereocenters. The lowest BCUT2D eigenvalue weighted by atomic mass is 9.95. The first-order chi connectivity index (χ1) is 9.99. The summed E-state index contributed by atoms with van der Waals surface area (Å²) < 4.78 is 0. The van der Waals surface area contributed by atoms with E-state index in [0.29, 0.717) is 18.4 Å². The second kappa shape index (κ2) is 5.27. The number of likely N-dealkylation sites (tertiary alicyclic amines) is 1. The summed E-state index contributed by atoms with van der Waals surface area (Å²) in [6, 6.07) is 4.11. The molecule has 0 radical (unpaired) electrons. The van der Waals surface area contributed by atoms with Gasteiger partial charge in [-0.3, -0.25) is 14.9 Å². The fourth-order valence-corrected chi connectivity index (χ4v) is 3.58. The van der Waals surface area contributed by atoms with Crippen molar-refractivity contribution < 1.29 is 9.72 Å². The Balaban J connectivity index is 1.89. The minimum Gasteiger partial charge on any atom is -0.335 e. The summed E-state index contributed by atoms with van der Waals surface area (Å²) >= 11 is 6.06. The zero-order chi connectivity index (χ0) is 15.1. The maximum absolute atomic E-state index is 12.7. The molecule has 21 heavy (non-hydrogen) atoms. The molecule has 1 N–H and O–H groups in total. The Labute approximate surface area is 127 Å². The van der Waals surface area contributed by atoms with Gasteiger partial charge in [-0.25, -0.2) is 0 Å². The molecule has 112 valence electrons. The Morgan fingerprint density at radius 2 is 2.24 bits per heavy atom. The molecule has 2 heterocycles. The third kappa shape index (κ3) is 2.38. The maximum atomic E-state index is 12.7. The number of nitrogens with zero attached hydrogens (tertiary/aromatic N) is 2. The van der Waals surface area contributed by atoms with Gasteiger partial charge in [0.25, 0.3) is 11.6 Å². The van der Waals surface area contributed by atoms with Crippen molar-refractivity contribution in [2.24, 2.45) is 11.8 Å². The van der Waals surface area contributed by atoms with Crippen LogP contribution in [-0.4, -0.2) is 41.4 Å². The van der Waals surface area contributed by atoms with Crippen molar-refractivity contribution >= 4 is 23.2 Å². The number of hydrogen-bond acceptors (Lipinski definition) is 4. The van der Waals surface area contributed by atoms with E-state index in [-0.39, 0.29) is 28.2 Å². The van der Waals surface area contributed by atoms with Gasteiger partial charge in [0, 0.05) is 37.8 Å². The van der Waals surface area contributed by atoms with Crippen molar-refractivity contribution in [3.8, 4) is 0 Å². The third-order valence-electron chi connectivity index (χ3n) is 4.59. The third-order valence-corrected chi connectivity index (χ3v) is 4.92. The van der Waals surface area contributed by atoms with E-state index >= 15 is 0 Å². The van der Waals surface area contributed by atoms with Gasteiger partial charge < -0.3 is 10.2 Å². The second-order valence-electron chi connectivity index (χ2n) is 5.70. The van der Waals surface area contributed by atoms with E-state index in [1.807, 2.05) is 6.92 Å². The van der Waals surface area contributed by atoms with E-state index in [9.17, 15) is 14.9 Å². The van der Waals surface area contributed by atoms with E-state index < -0.39 is 4.92 Å². The largest absolute Gasteiger partial charge is 0.335 e. The van der Waals surface area contributed by atoms with E-state index in [1.54, 1.807) is 4.90 Å². The lowest BCUT2D eigenvalue weighted by Crippen LogP contribution is -2.38. The summed E-state index contributed by atoms with van der Waals surface area (Å²) in [5, 5.41) is 14.5. The molecule has 1 amide bonds. The number of benzene rings is 1. The predicted molar refractivity (Wildman–Crippen MR) is 78.5 cm³/mol. The number of halogens is 1. The van der Waals surface area contributed by atoms with Crippen LogP contribution in [0.2, 0.25) is 5.02 Å². The number of non-ortho nitro benzene ring substituents is 1. The topological polar surface area (TPSA) is 75.5 Å². The molecule has 7 heteroatoms. The molecule has 3 atom stereocenters. The van der Waals surface area contributed by atoms with Gasteiger partial charge in [0.05, 0.1) is 15.5 Å². The van der Waals surface area contributed by atoms with Crippen molar-refractivity contribution in [1.29, 1.82) is 0 Å². The minimum atomic E-state index is -0.515. The van der Waals surface area contributed by atoms with Gasteiger partial charge >= 0.3 is 0 Å². The summed E-state index contributed by atoms with van der Waals surface area (Å²) in [6.07, 6.45) is 0. The molecule has 2 fully saturated rings. The number of rotatable bonds is 2. The average Bonchev–Trinajstić information content (AvgIpc) is 3.02. The highest BCUT2D eigenvalue weighted by Crippen LogP contribution is 2.34. The molecule has 0 saturated carbocycles. The monoisotopic (exact) mass is 309 g/mol. The summed E-state index contributed by atoms with van der Waals surface area (Å²) in [5.41, 5.74) is 0.0992. The molecule has 0 spiro atoms. The molecule has 3 rings (SSSR count). The fourth-order valence-electron chi connectivity index (χ4n) is 3.38. The van der Waals surface area contributed by atoms with E-state index in [2.05, 4.69) is 5.32 Å². The van der Waals surface area contributed by atoms with Crippen LogP contribution in [-0.2, 0) is 0 Å². The van der Waals surface area contributed by atoms with Gasteiger partial charge in [0.1, 0.15) is 0 Å². The number of fused-ring (bicyclic) bond motifs is 1. The summed E-state index contributed by atoms with van der Waals surface area (Å²) in [4.78, 5) is 24.8. The Kier molecular flexibility index (Phi) is 3.59. The number of nitro benzene ring substituents is 1. The van der Waals surface area contributed by atoms with Crippen LogP contribution in [0.1, 0.15) is 17.3 Å². The number of nitro groups is 1. The van der Waals surface area contributed by atoms with E-state index in [1.165, 1.54) is 18.2 Å². The van der Waals surface area contributed by atoms with Gasteiger partial charge in [-0.2, -0.15) is 0 Å². The molecule has 0 bridgehead atoms. The quantitative estimate of drug-likeness (QED) is 0.669. The van der Waals surface area contributed by atoms with Crippen molar-refractivity contribution in [3.63, 3.8) is 0 Å². The first-order valence-electron chi connectivity index (χ1n) is 6.94. The van der Waals surface area contributed by atoms with E-state index in [0.717, 1.165) is 13.1 Å². The lowest BCUT2D eigenvalue weighted by Gasteiger charge is -2.24. The average molecular weight is 310 g/mol. The number of amides is 1. The summed E-state index contributed by atoms with van der Waals surface area (Å²) in [6.45, 7) is 4.54. The van der Waals surface area contributed by atoms with Crippen molar-refractivity contribution in [1.82, 2.24) is 10.2 Å². The minimum absolute atomic E-state index is 0.114. The molecule has 0 aliphatic carbocycles. The molecule has 2 aliphatic rings. The first-order valence-corrected chi connectivity index (χ1v) is 7.32. The van der Waals surface area contributed by atoms with Crippen molar-refractivity contribution in [2.45, 2.75) is 13.0 Å². The molecular weight excluding hydrogens is 294 g/mol. The van der Waals surface area contributed by atoms with E-state index in [4.69, 9.17) is 11.6 Å². The van der Waals surface area contributed by atoms with Crippen LogP contribution in [0.15, 0.2) is 18.2 Å². The van der Waals surface area contributed by atoms with Crippen LogP contribution in [0.25, 0.3) is 0 Å². The zero-order valence-electron chi connectivity index (χ0n) is 11.6. The molecule has 6 nitrogen and oxygen atoms in total. The molecular formula is C14H16ClN3O3. The number of hydrogen-bond donors (Lipinski definition) is 1. The smallest absolute Gasteiger partial charge is 0.270 e. The van der Waals surface area contributed by atoms with Gasteiger partial charge in [-0.1, -0.05) is 11.6 Å². The summed E-state index contributed by atoms with van der Waals surface area (Å²) in [5.74, 6) is 0.693. The van der Waals surface area contributed by atoms with Gasteiger partial charge in [0.2, 0.25) is 0 Å². The van der Waals surface area contributed by atoms with Crippen LogP contribution in [0.3, 0.4) is 0 Å². The second-order valence-corrected chi connectivity index (χ2v) is 6.11. The maximum Gasteiger partial charge on any atom is 0.270 e. The van der Waals surface area contributed by atoms with Crippen LogP contribution in [0, 0.1) is 22.0 Å². The Morgan fingerprint density at radius 1 is 1.48 bits per heavy atom. The number of nitrogens with one attached hydrogen (secondary N) is 1. The van der Waals surface area contributed by atoms with Gasteiger partial charge in [0.15, 0.2) is 0 Å². The van der Waals surface area contributed by atoms with Crippen LogP contribution in [0.5, 0.6) is 0 Å². The highest BCUT2D eigenvalue weighted by Gasteiger charge is 2.44. The summed E-state index contributed by atoms with van der Waals surface area (Å²) in [7, 11) is 0. The van der Waals surface area contributed by atoms with Crippen LogP contribution >= 0.6 is 11.6 Å². The van der Waals surface area contributed by atoms with Crippen LogP contribution in [0.4, 0.5) is 5.69 Å². The lowest BCUT2D eigenvalue weighted by molar-refractivity contribution is -0.384. The normalized spacial score (nSPS) is 27.7. The van der Waals surface area contributed by atoms with Crippen molar-refractivity contribution in [2.75, 3.05) is 19.6 Å². The highest BCUT2D eigenvalue weighted by molar-refractivity contribution is 6.34. The Hall–Kier alpha value is -1.66. The molecule has 2 aliphatic heterocycles. The SMILES string of the molecule is CC1C2CNCC2CN1C(=O)c1cc([N+](=O)[O-])ccc1Cl. The molecule has 2 saturated heterocycles. The standard InChI is InChI=1S/C14H16ClN3O3/c1-8-12-6-16-5-9(12)7-17(8)14(19)11-4-10(18(20)21)2-3-13(11)15/h2-4,8-9,12,16H,5-7H2,1H3. The molecule has 0 aromatic heterocycles. The predicted octanol–water partition coefficient (Wildman–Crippen LogP) is 1.93. The Bertz CT molecular complexity index is 607. The first kappa shape index (κ1) is 14.3. The number of carbonyl (C=O) groups is 1. The molecule has 1 aromatic carbocycles. The molecule has 1 aromatic rings. The van der Waals surface area contributed by atoms with Gasteiger partial charge in [-0.05, 0) is 24.8 Å². The Morgan fingerprint density at radius 3 is 2.90 bits per heavy atom. The number of carbonyl (C=O) groups excluding carboxylic acids is 1. The van der Waals surface area contributed by atoms with Crippen molar-refractivity contribution in [3.05, 3.63) is 38.9 Å². The zero-order valence-corrected chi connectivity index (χ0v) is 12.3. The fraction of sp³-hybridized carbons (Fsp3) is 0.500. The van der Waals surface area contributed by atoms with Crippen LogP contribution < -0.4 is 5.32 Å².